The number of rotatable bonds is 7. The molecule has 0 aliphatic rings. The zero-order valence-corrected chi connectivity index (χ0v) is 16.8. The Kier molecular flexibility index (Phi) is 6.26. The van der Waals surface area contributed by atoms with Crippen LogP contribution < -0.4 is 11.1 Å². The molecular formula is C21H25N5O3. The van der Waals surface area contributed by atoms with Gasteiger partial charge in [-0.2, -0.15) is 5.10 Å². The van der Waals surface area contributed by atoms with E-state index >= 15 is 0 Å². The number of nitrogens with two attached hydrogens (primary N) is 1. The molecule has 152 valence electrons. The van der Waals surface area contributed by atoms with Crippen LogP contribution in [0.3, 0.4) is 0 Å². The maximum atomic E-state index is 12.4. The fourth-order valence-electron chi connectivity index (χ4n) is 2.86. The second-order valence-electron chi connectivity index (χ2n) is 7.19. The topological polar surface area (TPSA) is 102 Å². The van der Waals surface area contributed by atoms with Crippen molar-refractivity contribution in [1.82, 2.24) is 14.7 Å². The lowest BCUT2D eigenvalue weighted by atomic mass is 10.2. The number of nitrogens with zero attached hydrogens (tertiary/aromatic N) is 3. The summed E-state index contributed by atoms with van der Waals surface area (Å²) in [5, 5.41) is 8.17. The van der Waals surface area contributed by atoms with Crippen LogP contribution in [-0.2, 0) is 14.3 Å². The largest absolute Gasteiger partial charge is 0.463 e. The molecule has 0 radical (unpaired) electrons. The molecule has 0 aliphatic carbocycles. The molecule has 1 aromatic heterocycles. The van der Waals surface area contributed by atoms with Crippen LogP contribution in [0.4, 0.5) is 5.69 Å². The predicted molar refractivity (Wildman–Crippen MR) is 112 cm³/mol. The number of amides is 1. The SMILES string of the molecule is Cc1cccc(-n2ncc3ccc(NC(=O)[C@@H](N)COC(=O)CN(C)C)cc32)c1. The van der Waals surface area contributed by atoms with Gasteiger partial charge in [-0.05, 0) is 56.9 Å². The van der Waals surface area contributed by atoms with Gasteiger partial charge in [-0.3, -0.25) is 14.5 Å². The molecule has 2 aromatic carbocycles. The van der Waals surface area contributed by atoms with Crippen molar-refractivity contribution in [1.29, 1.82) is 0 Å². The van der Waals surface area contributed by atoms with Crippen molar-refractivity contribution >= 4 is 28.5 Å². The van der Waals surface area contributed by atoms with Gasteiger partial charge < -0.3 is 15.8 Å². The average molecular weight is 395 g/mol. The number of carbonyl (C=O) groups excluding carboxylic acids is 2. The van der Waals surface area contributed by atoms with E-state index in [-0.39, 0.29) is 13.2 Å². The molecule has 0 unspecified atom stereocenters. The number of fused-ring (bicyclic) bond motifs is 1. The predicted octanol–water partition coefficient (Wildman–Crippen LogP) is 1.70. The summed E-state index contributed by atoms with van der Waals surface area (Å²) < 4.78 is 6.86. The van der Waals surface area contributed by atoms with Crippen LogP contribution in [0.25, 0.3) is 16.6 Å². The van der Waals surface area contributed by atoms with Crippen molar-refractivity contribution in [2.24, 2.45) is 5.73 Å². The second-order valence-corrected chi connectivity index (χ2v) is 7.19. The van der Waals surface area contributed by atoms with Crippen molar-refractivity contribution in [2.45, 2.75) is 13.0 Å². The Morgan fingerprint density at radius 3 is 2.76 bits per heavy atom. The molecule has 0 saturated carbocycles. The summed E-state index contributed by atoms with van der Waals surface area (Å²) in [5.74, 6) is -0.856. The number of likely N-dealkylation sites (N-methyl/N-ethyl adjacent to an activating group) is 1. The van der Waals surface area contributed by atoms with Crippen molar-refractivity contribution in [2.75, 3.05) is 32.6 Å². The van der Waals surface area contributed by atoms with E-state index < -0.39 is 17.9 Å². The van der Waals surface area contributed by atoms with Gasteiger partial charge in [0, 0.05) is 11.1 Å². The summed E-state index contributed by atoms with van der Waals surface area (Å²) in [6.45, 7) is 1.98. The van der Waals surface area contributed by atoms with Gasteiger partial charge in [0.05, 0.1) is 23.9 Å². The van der Waals surface area contributed by atoms with E-state index in [1.54, 1.807) is 31.3 Å². The van der Waals surface area contributed by atoms with Gasteiger partial charge in [-0.15, -0.1) is 0 Å². The number of carbonyl (C=O) groups is 2. The van der Waals surface area contributed by atoms with Crippen LogP contribution in [0.15, 0.2) is 48.7 Å². The Bertz CT molecular complexity index is 1030. The Labute approximate surface area is 169 Å². The van der Waals surface area contributed by atoms with Crippen LogP contribution >= 0.6 is 0 Å². The molecule has 0 spiro atoms. The van der Waals surface area contributed by atoms with E-state index in [4.69, 9.17) is 10.5 Å². The molecule has 8 heteroatoms. The quantitative estimate of drug-likeness (QED) is 0.591. The lowest BCUT2D eigenvalue weighted by molar-refractivity contribution is -0.145. The third-order valence-electron chi connectivity index (χ3n) is 4.29. The first-order valence-corrected chi connectivity index (χ1v) is 9.25. The fourth-order valence-corrected chi connectivity index (χ4v) is 2.86. The zero-order valence-electron chi connectivity index (χ0n) is 16.8. The van der Waals surface area contributed by atoms with Crippen molar-refractivity contribution < 1.29 is 14.3 Å². The first-order chi connectivity index (χ1) is 13.8. The molecule has 1 amide bonds. The second kappa shape index (κ2) is 8.85. The Balaban J connectivity index is 1.71. The summed E-state index contributed by atoms with van der Waals surface area (Å²) in [5.41, 5.74) is 9.37. The molecule has 3 N–H and O–H groups in total. The standard InChI is InChI=1S/C21H25N5O3/c1-14-5-4-6-17(9-14)26-19-10-16(8-7-15(19)11-23-26)24-21(28)18(22)13-29-20(27)12-25(2)3/h4-11,18H,12-13,22H2,1-3H3,(H,24,28)/t18-/m0/s1. The van der Waals surface area contributed by atoms with Crippen molar-refractivity contribution in [3.63, 3.8) is 0 Å². The number of nitrogens with one attached hydrogen (secondary N) is 1. The van der Waals surface area contributed by atoms with Gasteiger partial charge in [-0.25, -0.2) is 4.68 Å². The Morgan fingerprint density at radius 2 is 2.03 bits per heavy atom. The summed E-state index contributed by atoms with van der Waals surface area (Å²) in [6, 6.07) is 12.6. The number of benzene rings is 2. The molecule has 0 bridgehead atoms. The first-order valence-electron chi connectivity index (χ1n) is 9.25. The van der Waals surface area contributed by atoms with E-state index in [0.29, 0.717) is 5.69 Å². The van der Waals surface area contributed by atoms with E-state index in [9.17, 15) is 9.59 Å². The van der Waals surface area contributed by atoms with Gasteiger partial charge >= 0.3 is 5.97 Å². The molecule has 8 nitrogen and oxygen atoms in total. The molecule has 3 rings (SSSR count). The minimum atomic E-state index is -0.960. The van der Waals surface area contributed by atoms with Crippen LogP contribution in [0.5, 0.6) is 0 Å². The summed E-state index contributed by atoms with van der Waals surface area (Å²) in [4.78, 5) is 25.6. The lowest BCUT2D eigenvalue weighted by Gasteiger charge is -2.14. The molecule has 0 saturated heterocycles. The Hall–Kier alpha value is -3.23. The smallest absolute Gasteiger partial charge is 0.320 e. The Morgan fingerprint density at radius 1 is 1.24 bits per heavy atom. The molecular weight excluding hydrogens is 370 g/mol. The van der Waals surface area contributed by atoms with Crippen molar-refractivity contribution in [3.8, 4) is 5.69 Å². The summed E-state index contributed by atoms with van der Waals surface area (Å²) in [6.07, 6.45) is 1.78. The van der Waals surface area contributed by atoms with E-state index in [1.165, 1.54) is 0 Å². The third kappa shape index (κ3) is 5.18. The fraction of sp³-hybridized carbons (Fsp3) is 0.286. The number of aromatic nitrogens is 2. The van der Waals surface area contributed by atoms with E-state index in [2.05, 4.69) is 10.4 Å². The maximum absolute atomic E-state index is 12.4. The maximum Gasteiger partial charge on any atom is 0.320 e. The third-order valence-corrected chi connectivity index (χ3v) is 4.29. The lowest BCUT2D eigenvalue weighted by Crippen LogP contribution is -2.40. The molecule has 1 atom stereocenters. The number of ether oxygens (including phenoxy) is 1. The molecule has 0 fully saturated rings. The van der Waals surface area contributed by atoms with E-state index in [0.717, 1.165) is 22.2 Å². The van der Waals surface area contributed by atoms with E-state index in [1.807, 2.05) is 48.0 Å². The van der Waals surface area contributed by atoms with Crippen LogP contribution in [0, 0.1) is 6.92 Å². The number of hydrogen-bond acceptors (Lipinski definition) is 6. The minimum Gasteiger partial charge on any atom is -0.463 e. The highest BCUT2D eigenvalue weighted by atomic mass is 16.5. The van der Waals surface area contributed by atoms with Crippen LogP contribution in [0.2, 0.25) is 0 Å². The summed E-state index contributed by atoms with van der Waals surface area (Å²) in [7, 11) is 3.51. The van der Waals surface area contributed by atoms with Gasteiger partial charge in [0.15, 0.2) is 0 Å². The highest BCUT2D eigenvalue weighted by Gasteiger charge is 2.17. The molecule has 0 aliphatic heterocycles. The van der Waals surface area contributed by atoms with Gasteiger partial charge in [-0.1, -0.05) is 12.1 Å². The van der Waals surface area contributed by atoms with Crippen LogP contribution in [0.1, 0.15) is 5.56 Å². The van der Waals surface area contributed by atoms with Gasteiger partial charge in [0.25, 0.3) is 0 Å². The van der Waals surface area contributed by atoms with Gasteiger partial charge in [0.1, 0.15) is 12.6 Å². The average Bonchev–Trinajstić information content (AvgIpc) is 3.08. The van der Waals surface area contributed by atoms with Crippen molar-refractivity contribution in [3.05, 3.63) is 54.2 Å². The zero-order chi connectivity index (χ0) is 21.0. The number of esters is 1. The monoisotopic (exact) mass is 395 g/mol. The van der Waals surface area contributed by atoms with Crippen LogP contribution in [-0.4, -0.2) is 59.8 Å². The molecule has 1 heterocycles. The normalized spacial score (nSPS) is 12.2. The highest BCUT2D eigenvalue weighted by Crippen LogP contribution is 2.22. The highest BCUT2D eigenvalue weighted by molar-refractivity contribution is 5.97. The molecule has 29 heavy (non-hydrogen) atoms. The number of aryl methyl sites for hydroxylation is 1. The number of hydrogen-bond donors (Lipinski definition) is 2. The molecule has 3 aromatic rings. The number of anilines is 1. The van der Waals surface area contributed by atoms with Gasteiger partial charge in [0.2, 0.25) is 5.91 Å². The summed E-state index contributed by atoms with van der Waals surface area (Å²) >= 11 is 0. The minimum absolute atomic E-state index is 0.133. The first kappa shape index (κ1) is 20.5.